The molecule has 0 aromatic heterocycles. The predicted molar refractivity (Wildman–Crippen MR) is 85.9 cm³/mol. The van der Waals surface area contributed by atoms with E-state index >= 15 is 0 Å². The summed E-state index contributed by atoms with van der Waals surface area (Å²) in [4.78, 5) is 11.4. The molecule has 114 valence electrons. The Labute approximate surface area is 125 Å². The van der Waals surface area contributed by atoms with Gasteiger partial charge in [-0.05, 0) is 25.0 Å². The highest BCUT2D eigenvalue weighted by Crippen LogP contribution is 2.08. The molecule has 19 heavy (non-hydrogen) atoms. The zero-order chi connectivity index (χ0) is 14.2. The van der Waals surface area contributed by atoms with Gasteiger partial charge in [0.05, 0.1) is 6.61 Å². The van der Waals surface area contributed by atoms with E-state index in [1.165, 1.54) is 44.9 Å². The molecule has 0 aliphatic carbocycles. The third-order valence-corrected chi connectivity index (χ3v) is 3.62. The first-order valence-electron chi connectivity index (χ1n) is 8.07. The highest BCUT2D eigenvalue weighted by atomic mass is 32.1. The second-order valence-electron chi connectivity index (χ2n) is 5.23. The van der Waals surface area contributed by atoms with Crippen LogP contribution >= 0.6 is 12.6 Å². The van der Waals surface area contributed by atoms with E-state index in [0.29, 0.717) is 13.0 Å². The maximum absolute atomic E-state index is 11.4. The van der Waals surface area contributed by atoms with Crippen molar-refractivity contribution in [2.45, 2.75) is 84.0 Å². The Morgan fingerprint density at radius 2 is 1.42 bits per heavy atom. The maximum Gasteiger partial charge on any atom is 0.305 e. The molecule has 0 saturated heterocycles. The number of rotatable bonds is 14. The molecule has 3 heteroatoms. The third-order valence-electron chi connectivity index (χ3n) is 3.30. The first kappa shape index (κ1) is 18.8. The maximum atomic E-state index is 11.4. The van der Waals surface area contributed by atoms with Gasteiger partial charge in [-0.15, -0.1) is 0 Å². The minimum Gasteiger partial charge on any atom is -0.466 e. The van der Waals surface area contributed by atoms with E-state index in [4.69, 9.17) is 4.74 Å². The standard InChI is InChI=1S/C16H32O2S/c1-2-3-4-5-6-7-8-11-14-18-16(17)13-10-9-12-15-19/h19H,2-15H2,1H3. The summed E-state index contributed by atoms with van der Waals surface area (Å²) < 4.78 is 5.21. The summed E-state index contributed by atoms with van der Waals surface area (Å²) in [5.41, 5.74) is 0. The highest BCUT2D eigenvalue weighted by Gasteiger charge is 2.01. The lowest BCUT2D eigenvalue weighted by Crippen LogP contribution is -2.05. The summed E-state index contributed by atoms with van der Waals surface area (Å²) >= 11 is 4.14. The number of carbonyl (C=O) groups is 1. The van der Waals surface area contributed by atoms with Crippen molar-refractivity contribution in [1.29, 1.82) is 0 Å². The first-order valence-corrected chi connectivity index (χ1v) is 8.71. The normalized spacial score (nSPS) is 10.6. The summed E-state index contributed by atoms with van der Waals surface area (Å²) in [5, 5.41) is 0. The van der Waals surface area contributed by atoms with E-state index in [1.807, 2.05) is 0 Å². The molecule has 0 aliphatic rings. The molecule has 0 saturated carbocycles. The van der Waals surface area contributed by atoms with Gasteiger partial charge >= 0.3 is 5.97 Å². The fraction of sp³-hybridized carbons (Fsp3) is 0.938. The number of ether oxygens (including phenoxy) is 1. The van der Waals surface area contributed by atoms with Crippen molar-refractivity contribution >= 4 is 18.6 Å². The van der Waals surface area contributed by atoms with Crippen molar-refractivity contribution in [2.75, 3.05) is 12.4 Å². The summed E-state index contributed by atoms with van der Waals surface area (Å²) in [6.45, 7) is 2.85. The summed E-state index contributed by atoms with van der Waals surface area (Å²) in [6, 6.07) is 0. The summed E-state index contributed by atoms with van der Waals surface area (Å²) in [5.74, 6) is 0.884. The highest BCUT2D eigenvalue weighted by molar-refractivity contribution is 7.80. The van der Waals surface area contributed by atoms with Crippen LogP contribution in [-0.2, 0) is 9.53 Å². The van der Waals surface area contributed by atoms with Crippen LogP contribution in [0, 0.1) is 0 Å². The average Bonchev–Trinajstić information content (AvgIpc) is 2.42. The topological polar surface area (TPSA) is 26.3 Å². The van der Waals surface area contributed by atoms with Crippen LogP contribution in [0.25, 0.3) is 0 Å². The monoisotopic (exact) mass is 288 g/mol. The van der Waals surface area contributed by atoms with E-state index in [0.717, 1.165) is 31.4 Å². The number of thiol groups is 1. The van der Waals surface area contributed by atoms with Crippen LogP contribution in [0.5, 0.6) is 0 Å². The van der Waals surface area contributed by atoms with Gasteiger partial charge in [0, 0.05) is 6.42 Å². The van der Waals surface area contributed by atoms with Gasteiger partial charge in [0.2, 0.25) is 0 Å². The second kappa shape index (κ2) is 15.9. The molecule has 0 spiro atoms. The smallest absolute Gasteiger partial charge is 0.305 e. The van der Waals surface area contributed by atoms with Crippen LogP contribution in [0.2, 0.25) is 0 Å². The summed E-state index contributed by atoms with van der Waals surface area (Å²) in [6.07, 6.45) is 13.9. The zero-order valence-corrected chi connectivity index (χ0v) is 13.6. The van der Waals surface area contributed by atoms with Crippen LogP contribution in [0.4, 0.5) is 0 Å². The molecule has 0 fully saturated rings. The Morgan fingerprint density at radius 1 is 0.842 bits per heavy atom. The fourth-order valence-corrected chi connectivity index (χ4v) is 2.28. The van der Waals surface area contributed by atoms with E-state index in [-0.39, 0.29) is 5.97 Å². The molecule has 0 amide bonds. The molecule has 0 unspecified atom stereocenters. The molecule has 2 nitrogen and oxygen atoms in total. The second-order valence-corrected chi connectivity index (χ2v) is 5.68. The van der Waals surface area contributed by atoms with Gasteiger partial charge in [0.25, 0.3) is 0 Å². The van der Waals surface area contributed by atoms with Crippen LogP contribution < -0.4 is 0 Å². The number of hydrogen-bond acceptors (Lipinski definition) is 3. The van der Waals surface area contributed by atoms with E-state index in [1.54, 1.807) is 0 Å². The molecular formula is C16H32O2S. The molecular weight excluding hydrogens is 256 g/mol. The first-order chi connectivity index (χ1) is 9.31. The molecule has 0 atom stereocenters. The Balaban J connectivity index is 3.10. The lowest BCUT2D eigenvalue weighted by molar-refractivity contribution is -0.143. The van der Waals surface area contributed by atoms with Crippen molar-refractivity contribution < 1.29 is 9.53 Å². The number of carbonyl (C=O) groups excluding carboxylic acids is 1. The SMILES string of the molecule is CCCCCCCCCCOC(=O)CCCCCS. The lowest BCUT2D eigenvalue weighted by atomic mass is 10.1. The van der Waals surface area contributed by atoms with Crippen molar-refractivity contribution in [3.05, 3.63) is 0 Å². The Bertz CT molecular complexity index is 195. The lowest BCUT2D eigenvalue weighted by Gasteiger charge is -2.05. The molecule has 0 radical (unpaired) electrons. The molecule has 0 aromatic rings. The Hall–Kier alpha value is -0.180. The number of esters is 1. The van der Waals surface area contributed by atoms with Gasteiger partial charge in [-0.3, -0.25) is 4.79 Å². The van der Waals surface area contributed by atoms with E-state index in [9.17, 15) is 4.79 Å². The van der Waals surface area contributed by atoms with Crippen molar-refractivity contribution in [1.82, 2.24) is 0 Å². The zero-order valence-electron chi connectivity index (χ0n) is 12.7. The van der Waals surface area contributed by atoms with Crippen LogP contribution in [-0.4, -0.2) is 18.3 Å². The van der Waals surface area contributed by atoms with E-state index < -0.39 is 0 Å². The number of unbranched alkanes of at least 4 members (excludes halogenated alkanes) is 9. The van der Waals surface area contributed by atoms with Crippen LogP contribution in [0.1, 0.15) is 84.0 Å². The van der Waals surface area contributed by atoms with Crippen LogP contribution in [0.15, 0.2) is 0 Å². The van der Waals surface area contributed by atoms with Gasteiger partial charge in [0.15, 0.2) is 0 Å². The van der Waals surface area contributed by atoms with Gasteiger partial charge in [-0.25, -0.2) is 0 Å². The van der Waals surface area contributed by atoms with Crippen molar-refractivity contribution in [3.8, 4) is 0 Å². The third kappa shape index (κ3) is 15.8. The molecule has 0 bridgehead atoms. The average molecular weight is 288 g/mol. The van der Waals surface area contributed by atoms with Gasteiger partial charge in [-0.1, -0.05) is 58.3 Å². The molecule has 0 N–H and O–H groups in total. The summed E-state index contributed by atoms with van der Waals surface area (Å²) in [7, 11) is 0. The Morgan fingerprint density at radius 3 is 2.05 bits per heavy atom. The molecule has 0 heterocycles. The fourth-order valence-electron chi connectivity index (χ4n) is 2.05. The molecule has 0 aromatic carbocycles. The minimum atomic E-state index is -0.0258. The van der Waals surface area contributed by atoms with Crippen molar-refractivity contribution in [2.24, 2.45) is 0 Å². The number of hydrogen-bond donors (Lipinski definition) is 1. The quantitative estimate of drug-likeness (QED) is 0.271. The van der Waals surface area contributed by atoms with Gasteiger partial charge in [-0.2, -0.15) is 12.6 Å². The van der Waals surface area contributed by atoms with Crippen LogP contribution in [0.3, 0.4) is 0 Å². The minimum absolute atomic E-state index is 0.0258. The van der Waals surface area contributed by atoms with Gasteiger partial charge in [0.1, 0.15) is 0 Å². The van der Waals surface area contributed by atoms with E-state index in [2.05, 4.69) is 19.6 Å². The Kier molecular flexibility index (Phi) is 15.7. The largest absolute Gasteiger partial charge is 0.466 e. The molecule has 0 rings (SSSR count). The van der Waals surface area contributed by atoms with Crippen molar-refractivity contribution in [3.63, 3.8) is 0 Å². The predicted octanol–water partition coefficient (Wildman–Crippen LogP) is 5.16. The molecule has 0 aliphatic heterocycles. The van der Waals surface area contributed by atoms with Gasteiger partial charge < -0.3 is 4.74 Å².